The molecule has 5 rings (SSSR count). The summed E-state index contributed by atoms with van der Waals surface area (Å²) in [5.41, 5.74) is 9.52. The van der Waals surface area contributed by atoms with Gasteiger partial charge in [0, 0.05) is 30.4 Å². The van der Waals surface area contributed by atoms with Gasteiger partial charge in [-0.25, -0.2) is 15.2 Å². The smallest absolute Gasteiger partial charge is 0.334 e. The molecule has 2 fully saturated rings. The molecule has 2 aliphatic rings. The Kier molecular flexibility index (Phi) is 8.84. The highest BCUT2D eigenvalue weighted by molar-refractivity contribution is 5.99. The lowest BCUT2D eigenvalue weighted by Crippen LogP contribution is -2.67. The first-order valence-electron chi connectivity index (χ1n) is 15.5. The second kappa shape index (κ2) is 12.5. The molecule has 2 aromatic carbocycles. The number of para-hydroxylation sites is 1. The Morgan fingerprint density at radius 1 is 1.07 bits per heavy atom. The maximum atomic E-state index is 13.9. The molecule has 0 radical (unpaired) electrons. The average molecular weight is 614 g/mol. The minimum atomic E-state index is -1.21. The summed E-state index contributed by atoms with van der Waals surface area (Å²) in [4.78, 5) is 59.1. The quantitative estimate of drug-likeness (QED) is 0.276. The maximum Gasteiger partial charge on any atom is 0.334 e. The first-order valence-corrected chi connectivity index (χ1v) is 15.5. The fraction of sp³-hybridized carbons (Fsp3) is 0.441. The molecule has 2 heterocycles. The van der Waals surface area contributed by atoms with E-state index in [1.54, 1.807) is 23.2 Å². The van der Waals surface area contributed by atoms with E-state index in [4.69, 9.17) is 5.73 Å². The van der Waals surface area contributed by atoms with Crippen LogP contribution in [0.3, 0.4) is 0 Å². The molecule has 5 atom stereocenters. The zero-order chi connectivity index (χ0) is 32.5. The number of benzene rings is 2. The Hall–Kier alpha value is -4.51. The summed E-state index contributed by atoms with van der Waals surface area (Å²) < 4.78 is 0. The van der Waals surface area contributed by atoms with Crippen molar-refractivity contribution < 1.29 is 19.2 Å². The van der Waals surface area contributed by atoms with Gasteiger partial charge in [0.1, 0.15) is 11.7 Å². The van der Waals surface area contributed by atoms with Crippen LogP contribution in [0.2, 0.25) is 0 Å². The molecule has 11 heteroatoms. The third-order valence-electron chi connectivity index (χ3n) is 8.77. The van der Waals surface area contributed by atoms with Crippen LogP contribution in [0.5, 0.6) is 0 Å². The van der Waals surface area contributed by atoms with Crippen LogP contribution < -0.4 is 21.8 Å². The number of nitrogens with zero attached hydrogens (tertiary/aromatic N) is 3. The largest absolute Gasteiger partial charge is 0.370 e. The number of carbonyl (C=O) groups is 4. The molecule has 5 N–H and O–H groups in total. The van der Waals surface area contributed by atoms with Crippen molar-refractivity contribution in [2.24, 2.45) is 11.7 Å². The molecule has 45 heavy (non-hydrogen) atoms. The number of carbonyl (C=O) groups excluding carboxylic acids is 4. The summed E-state index contributed by atoms with van der Waals surface area (Å²) >= 11 is 0. The fourth-order valence-electron chi connectivity index (χ4n) is 6.33. The Labute approximate surface area is 263 Å². The minimum Gasteiger partial charge on any atom is -0.370 e. The normalized spacial score (nSPS) is 22.9. The van der Waals surface area contributed by atoms with Gasteiger partial charge in [-0.2, -0.15) is 0 Å². The number of rotatable bonds is 10. The molecule has 3 aromatic rings. The number of hydrogen-bond acceptors (Lipinski definition) is 6. The average Bonchev–Trinajstić information content (AvgIpc) is 3.73. The molecule has 1 aromatic heterocycles. The number of urea groups is 1. The molecule has 0 bridgehead atoms. The predicted molar refractivity (Wildman–Crippen MR) is 172 cm³/mol. The highest BCUT2D eigenvalue weighted by atomic mass is 16.2. The number of pyridine rings is 1. The molecule has 1 aliphatic heterocycles. The van der Waals surface area contributed by atoms with Crippen LogP contribution in [0.15, 0.2) is 66.7 Å². The zero-order valence-corrected chi connectivity index (χ0v) is 26.5. The molecule has 4 unspecified atom stereocenters. The second-order valence-electron chi connectivity index (χ2n) is 13.4. The summed E-state index contributed by atoms with van der Waals surface area (Å²) in [7, 11) is 0. The van der Waals surface area contributed by atoms with E-state index in [9.17, 15) is 19.2 Å². The lowest BCUT2D eigenvalue weighted by atomic mass is 9.92. The third-order valence-corrected chi connectivity index (χ3v) is 8.77. The molecule has 238 valence electrons. The molecule has 1 saturated heterocycles. The van der Waals surface area contributed by atoms with E-state index in [0.717, 1.165) is 10.9 Å². The molecule has 0 spiro atoms. The van der Waals surface area contributed by atoms with Crippen molar-refractivity contribution in [3.05, 3.63) is 78.0 Å². The predicted octanol–water partition coefficient (Wildman–Crippen LogP) is 3.32. The lowest BCUT2D eigenvalue weighted by molar-refractivity contribution is -0.128. The van der Waals surface area contributed by atoms with Crippen LogP contribution in [-0.2, 0) is 9.59 Å². The zero-order valence-electron chi connectivity index (χ0n) is 26.5. The van der Waals surface area contributed by atoms with E-state index < -0.39 is 34.8 Å². The number of nitrogens with one attached hydrogen (secondary N) is 3. The number of aromatic nitrogens is 1. The van der Waals surface area contributed by atoms with Crippen molar-refractivity contribution in [1.82, 2.24) is 31.0 Å². The molecule has 1 saturated carbocycles. The van der Waals surface area contributed by atoms with Crippen LogP contribution in [-0.4, -0.2) is 74.9 Å². The van der Waals surface area contributed by atoms with Gasteiger partial charge in [-0.1, -0.05) is 61.5 Å². The van der Waals surface area contributed by atoms with E-state index in [1.807, 2.05) is 88.0 Å². The van der Waals surface area contributed by atoms with Gasteiger partial charge in [-0.15, -0.1) is 0 Å². The van der Waals surface area contributed by atoms with Crippen LogP contribution in [0, 0.1) is 5.92 Å². The van der Waals surface area contributed by atoms with E-state index in [2.05, 4.69) is 21.0 Å². The van der Waals surface area contributed by atoms with Crippen molar-refractivity contribution >= 4 is 34.7 Å². The number of amides is 5. The van der Waals surface area contributed by atoms with Gasteiger partial charge < -0.3 is 21.3 Å². The SMILES string of the molecule is CC1CN(CC(C)C2(NC(=O)[C@H](CC(N)=O)NC(=O)c3ccc4ccccc4n3)CC2c2ccccc2)C(=O)N(C(C)(C)C)N1. The van der Waals surface area contributed by atoms with Crippen LogP contribution in [0.1, 0.15) is 69.4 Å². The van der Waals surface area contributed by atoms with Gasteiger partial charge in [0.2, 0.25) is 11.8 Å². The number of hydrogen-bond donors (Lipinski definition) is 4. The van der Waals surface area contributed by atoms with E-state index in [0.29, 0.717) is 25.0 Å². The van der Waals surface area contributed by atoms with Gasteiger partial charge in [-0.3, -0.25) is 19.4 Å². The number of hydrazine groups is 1. The van der Waals surface area contributed by atoms with Crippen molar-refractivity contribution in [3.8, 4) is 0 Å². The van der Waals surface area contributed by atoms with Crippen LogP contribution in [0.25, 0.3) is 10.9 Å². The highest BCUT2D eigenvalue weighted by Crippen LogP contribution is 2.56. The van der Waals surface area contributed by atoms with E-state index >= 15 is 0 Å². The van der Waals surface area contributed by atoms with Gasteiger partial charge in [-0.05, 0) is 57.7 Å². The number of primary amides is 1. The highest BCUT2D eigenvalue weighted by Gasteiger charge is 2.60. The van der Waals surface area contributed by atoms with Crippen LogP contribution in [0.4, 0.5) is 4.79 Å². The Balaban J connectivity index is 1.38. The van der Waals surface area contributed by atoms with Crippen LogP contribution >= 0.6 is 0 Å². The third kappa shape index (κ3) is 6.93. The standard InChI is InChI=1S/C34H43N7O4/c1-21(19-40-20-22(2)39-41(32(40)45)33(3,4)5)34(18-25(34)23-11-7-6-8-12-23)38-31(44)28(17-29(35)42)37-30(43)27-16-15-24-13-9-10-14-26(24)36-27/h6-16,21-22,25,28,39H,17-20H2,1-5H3,(H2,35,42)(H,37,43)(H,38,44)/t21?,22?,25?,28-,34?/m0/s1. The Morgan fingerprint density at radius 2 is 1.76 bits per heavy atom. The maximum absolute atomic E-state index is 13.9. The van der Waals surface area contributed by atoms with Gasteiger partial charge in [0.05, 0.1) is 23.0 Å². The van der Waals surface area contributed by atoms with Crippen molar-refractivity contribution in [3.63, 3.8) is 0 Å². The van der Waals surface area contributed by atoms with Crippen molar-refractivity contribution in [2.45, 2.75) is 76.5 Å². The molecule has 11 nitrogen and oxygen atoms in total. The fourth-order valence-corrected chi connectivity index (χ4v) is 6.33. The number of fused-ring (bicyclic) bond motifs is 1. The van der Waals surface area contributed by atoms with Crippen molar-refractivity contribution in [1.29, 1.82) is 0 Å². The Bertz CT molecular complexity index is 1590. The summed E-state index contributed by atoms with van der Waals surface area (Å²) in [6, 6.07) is 19.4. The monoisotopic (exact) mass is 613 g/mol. The van der Waals surface area contributed by atoms with E-state index in [1.165, 1.54) is 0 Å². The molecular formula is C34H43N7O4. The minimum absolute atomic E-state index is 0.0149. The molecular weight excluding hydrogens is 570 g/mol. The second-order valence-corrected chi connectivity index (χ2v) is 13.4. The van der Waals surface area contributed by atoms with Gasteiger partial charge in [0.25, 0.3) is 5.91 Å². The molecule has 5 amide bonds. The van der Waals surface area contributed by atoms with Gasteiger partial charge in [0.15, 0.2) is 0 Å². The summed E-state index contributed by atoms with van der Waals surface area (Å²) in [5, 5.41) is 8.45. The Morgan fingerprint density at radius 3 is 2.44 bits per heavy atom. The first-order chi connectivity index (χ1) is 21.3. The van der Waals surface area contributed by atoms with E-state index in [-0.39, 0.29) is 36.0 Å². The van der Waals surface area contributed by atoms with Gasteiger partial charge >= 0.3 is 6.03 Å². The summed E-state index contributed by atoms with van der Waals surface area (Å²) in [5.74, 6) is -1.98. The first kappa shape index (κ1) is 31.9. The number of nitrogens with two attached hydrogens (primary N) is 1. The summed E-state index contributed by atoms with van der Waals surface area (Å²) in [6.45, 7) is 10.9. The summed E-state index contributed by atoms with van der Waals surface area (Å²) in [6.07, 6.45) is 0.270. The topological polar surface area (TPSA) is 150 Å². The lowest BCUT2D eigenvalue weighted by Gasteiger charge is -2.47. The molecule has 1 aliphatic carbocycles. The van der Waals surface area contributed by atoms with Crippen molar-refractivity contribution in [2.75, 3.05) is 13.1 Å².